The van der Waals surface area contributed by atoms with Gasteiger partial charge in [0.25, 0.3) is 0 Å². The molecule has 2 saturated heterocycles. The third-order valence-electron chi connectivity index (χ3n) is 5.68. The first-order valence-electron chi connectivity index (χ1n) is 10.2. The van der Waals surface area contributed by atoms with E-state index in [0.717, 1.165) is 6.42 Å². The number of carbonyl (C=O) groups excluding carboxylic acids is 2. The van der Waals surface area contributed by atoms with Crippen LogP contribution in [0.2, 0.25) is 0 Å². The molecule has 2 heterocycles. The van der Waals surface area contributed by atoms with Crippen molar-refractivity contribution in [2.75, 3.05) is 38.3 Å². The molecule has 2 amide bonds. The normalized spacial score (nSPS) is 21.0. The van der Waals surface area contributed by atoms with Gasteiger partial charge in [-0.15, -0.1) is 0 Å². The first-order valence-corrected chi connectivity index (χ1v) is 11.7. The summed E-state index contributed by atoms with van der Waals surface area (Å²) in [5, 5.41) is 2.77. The third-order valence-corrected chi connectivity index (χ3v) is 7.56. The molecule has 0 bridgehead atoms. The number of sulfonamides is 1. The van der Waals surface area contributed by atoms with Crippen LogP contribution < -0.4 is 10.2 Å². The molecule has 1 aromatic rings. The number of piperidine rings is 1. The largest absolute Gasteiger partial charge is 0.381 e. The summed E-state index contributed by atoms with van der Waals surface area (Å²) in [4.78, 5) is 26.0. The van der Waals surface area contributed by atoms with E-state index in [1.165, 1.54) is 22.5 Å². The lowest BCUT2D eigenvalue weighted by Gasteiger charge is -2.32. The molecule has 0 saturated carbocycles. The Morgan fingerprint density at radius 3 is 2.50 bits per heavy atom. The molecule has 1 atom stereocenters. The molecule has 1 aromatic carbocycles. The van der Waals surface area contributed by atoms with Crippen LogP contribution in [0.15, 0.2) is 41.8 Å². The van der Waals surface area contributed by atoms with Crippen LogP contribution >= 0.6 is 0 Å². The monoisotopic (exact) mass is 435 g/mol. The van der Waals surface area contributed by atoms with E-state index in [1.807, 2.05) is 0 Å². The van der Waals surface area contributed by atoms with Crippen LogP contribution in [0.25, 0.3) is 0 Å². The van der Waals surface area contributed by atoms with Crippen LogP contribution in [-0.2, 0) is 24.3 Å². The van der Waals surface area contributed by atoms with Crippen molar-refractivity contribution in [1.29, 1.82) is 0 Å². The average molecular weight is 436 g/mol. The Bertz CT molecular complexity index is 878. The standard InChI is InChI=1S/C21H29N3O5S/c1-3-20(25)22-17-5-4-12-24(15-17)30(27,28)19-8-6-18(7-9-19)23(2)21(26)16-10-13-29-14-11-16/h3,6-9,16-17H,1,4-5,10-15H2,2H3,(H,22,25)/t17-/m0/s1. The molecule has 8 nitrogen and oxygen atoms in total. The van der Waals surface area contributed by atoms with Gasteiger partial charge in [-0.1, -0.05) is 6.58 Å². The second-order valence-corrected chi connectivity index (χ2v) is 9.63. The Morgan fingerprint density at radius 2 is 1.87 bits per heavy atom. The van der Waals surface area contributed by atoms with Crippen molar-refractivity contribution in [1.82, 2.24) is 9.62 Å². The fourth-order valence-electron chi connectivity index (χ4n) is 3.88. The number of hydrogen-bond donors (Lipinski definition) is 1. The molecule has 0 unspecified atom stereocenters. The number of carbonyl (C=O) groups is 2. The molecule has 0 spiro atoms. The van der Waals surface area contributed by atoms with E-state index < -0.39 is 10.0 Å². The summed E-state index contributed by atoms with van der Waals surface area (Å²) in [5.74, 6) is -0.352. The summed E-state index contributed by atoms with van der Waals surface area (Å²) in [7, 11) is -1.98. The van der Waals surface area contributed by atoms with Gasteiger partial charge in [0.05, 0.1) is 4.90 Å². The van der Waals surface area contributed by atoms with E-state index in [2.05, 4.69) is 11.9 Å². The summed E-state index contributed by atoms with van der Waals surface area (Å²) >= 11 is 0. The number of nitrogens with one attached hydrogen (secondary N) is 1. The molecule has 0 aliphatic carbocycles. The number of ether oxygens (including phenoxy) is 1. The maximum atomic E-state index is 13.0. The van der Waals surface area contributed by atoms with Gasteiger partial charge in [0, 0.05) is 51.0 Å². The topological polar surface area (TPSA) is 96.0 Å². The molecule has 0 aromatic heterocycles. The number of amides is 2. The quantitative estimate of drug-likeness (QED) is 0.684. The van der Waals surface area contributed by atoms with Gasteiger partial charge in [0.15, 0.2) is 0 Å². The van der Waals surface area contributed by atoms with Crippen LogP contribution in [0.5, 0.6) is 0 Å². The van der Waals surface area contributed by atoms with Crippen LogP contribution in [0, 0.1) is 5.92 Å². The van der Waals surface area contributed by atoms with Gasteiger partial charge in [0.1, 0.15) is 0 Å². The minimum Gasteiger partial charge on any atom is -0.381 e. The zero-order valence-corrected chi connectivity index (χ0v) is 18.1. The molecular weight excluding hydrogens is 406 g/mol. The zero-order chi connectivity index (χ0) is 21.7. The molecule has 164 valence electrons. The van der Waals surface area contributed by atoms with Gasteiger partial charge in [-0.25, -0.2) is 8.42 Å². The van der Waals surface area contributed by atoms with E-state index >= 15 is 0 Å². The predicted octanol–water partition coefficient (Wildman–Crippen LogP) is 1.53. The van der Waals surface area contributed by atoms with Crippen molar-refractivity contribution in [2.45, 2.75) is 36.6 Å². The highest BCUT2D eigenvalue weighted by molar-refractivity contribution is 7.89. The van der Waals surface area contributed by atoms with E-state index in [4.69, 9.17) is 4.74 Å². The smallest absolute Gasteiger partial charge is 0.243 e. The fraction of sp³-hybridized carbons (Fsp3) is 0.524. The number of hydrogen-bond acceptors (Lipinski definition) is 5. The molecular formula is C21H29N3O5S. The number of rotatable bonds is 6. The van der Waals surface area contributed by atoms with Crippen LogP contribution in [-0.4, -0.2) is 63.9 Å². The van der Waals surface area contributed by atoms with Gasteiger partial charge < -0.3 is 15.0 Å². The van der Waals surface area contributed by atoms with Crippen molar-refractivity contribution in [3.8, 4) is 0 Å². The minimum atomic E-state index is -3.68. The van der Waals surface area contributed by atoms with Gasteiger partial charge in [-0.05, 0) is 56.0 Å². The summed E-state index contributed by atoms with van der Waals surface area (Å²) in [6.45, 7) is 5.24. The maximum Gasteiger partial charge on any atom is 0.243 e. The molecule has 1 N–H and O–H groups in total. The Hall–Kier alpha value is -2.23. The molecule has 30 heavy (non-hydrogen) atoms. The van der Waals surface area contributed by atoms with Crippen molar-refractivity contribution >= 4 is 27.5 Å². The van der Waals surface area contributed by atoms with E-state index in [9.17, 15) is 18.0 Å². The first kappa shape index (κ1) is 22.5. The van der Waals surface area contributed by atoms with Crippen LogP contribution in [0.3, 0.4) is 0 Å². The van der Waals surface area contributed by atoms with Crippen molar-refractivity contribution < 1.29 is 22.7 Å². The lowest BCUT2D eigenvalue weighted by Crippen LogP contribution is -2.49. The molecule has 2 fully saturated rings. The molecule has 0 radical (unpaired) electrons. The van der Waals surface area contributed by atoms with E-state index in [1.54, 1.807) is 24.1 Å². The molecule has 9 heteroatoms. The van der Waals surface area contributed by atoms with Crippen molar-refractivity contribution in [3.05, 3.63) is 36.9 Å². The van der Waals surface area contributed by atoms with E-state index in [0.29, 0.717) is 44.7 Å². The highest BCUT2D eigenvalue weighted by Gasteiger charge is 2.31. The predicted molar refractivity (Wildman–Crippen MR) is 114 cm³/mol. The minimum absolute atomic E-state index is 0.0192. The Kier molecular flexibility index (Phi) is 7.27. The molecule has 2 aliphatic rings. The Morgan fingerprint density at radius 1 is 1.20 bits per heavy atom. The van der Waals surface area contributed by atoms with Crippen molar-refractivity contribution in [3.63, 3.8) is 0 Å². The Labute approximate surface area is 177 Å². The Balaban J connectivity index is 1.68. The maximum absolute atomic E-state index is 13.0. The zero-order valence-electron chi connectivity index (χ0n) is 17.2. The summed E-state index contributed by atoms with van der Waals surface area (Å²) < 4.78 is 32.8. The third kappa shape index (κ3) is 5.08. The fourth-order valence-corrected chi connectivity index (χ4v) is 5.40. The van der Waals surface area contributed by atoms with Gasteiger partial charge in [0.2, 0.25) is 21.8 Å². The first-order chi connectivity index (χ1) is 14.3. The molecule has 3 rings (SSSR count). The lowest BCUT2D eigenvalue weighted by molar-refractivity contribution is -0.124. The summed E-state index contributed by atoms with van der Waals surface area (Å²) in [6, 6.07) is 6.15. The SMILES string of the molecule is C=CC(=O)N[C@H]1CCCN(S(=O)(=O)c2ccc(N(C)C(=O)C3CCOCC3)cc2)C1. The second kappa shape index (κ2) is 9.72. The number of benzene rings is 1. The van der Waals surface area contributed by atoms with Gasteiger partial charge >= 0.3 is 0 Å². The molecule has 2 aliphatic heterocycles. The number of nitrogens with zero attached hydrogens (tertiary/aromatic N) is 2. The van der Waals surface area contributed by atoms with Gasteiger partial charge in [-0.3, -0.25) is 9.59 Å². The van der Waals surface area contributed by atoms with E-state index in [-0.39, 0.29) is 35.2 Å². The summed E-state index contributed by atoms with van der Waals surface area (Å²) in [5.41, 5.74) is 0.653. The lowest BCUT2D eigenvalue weighted by atomic mass is 9.98. The van der Waals surface area contributed by atoms with Crippen molar-refractivity contribution in [2.24, 2.45) is 5.92 Å². The second-order valence-electron chi connectivity index (χ2n) is 7.69. The van der Waals surface area contributed by atoms with Crippen LogP contribution in [0.1, 0.15) is 25.7 Å². The highest BCUT2D eigenvalue weighted by Crippen LogP contribution is 2.25. The summed E-state index contributed by atoms with van der Waals surface area (Å²) in [6.07, 6.45) is 3.98. The van der Waals surface area contributed by atoms with Gasteiger partial charge in [-0.2, -0.15) is 4.31 Å². The van der Waals surface area contributed by atoms with Crippen LogP contribution in [0.4, 0.5) is 5.69 Å². The highest BCUT2D eigenvalue weighted by atomic mass is 32.2. The average Bonchev–Trinajstić information content (AvgIpc) is 2.78. The number of anilines is 1.